The van der Waals surface area contributed by atoms with Crippen molar-refractivity contribution in [1.82, 2.24) is 0 Å². The lowest BCUT2D eigenvalue weighted by atomic mass is 9.98. The minimum absolute atomic E-state index is 0.00532. The molecule has 1 aromatic carbocycles. The van der Waals surface area contributed by atoms with Crippen LogP contribution in [0, 0.1) is 12.3 Å². The van der Waals surface area contributed by atoms with Crippen LogP contribution in [0.15, 0.2) is 24.3 Å². The van der Waals surface area contributed by atoms with Crippen molar-refractivity contribution < 1.29 is 14.7 Å². The van der Waals surface area contributed by atoms with Crippen molar-refractivity contribution in [3.63, 3.8) is 0 Å². The van der Waals surface area contributed by atoms with Gasteiger partial charge < -0.3 is 10.0 Å². The molecule has 0 fully saturated rings. The highest BCUT2D eigenvalue weighted by Crippen LogP contribution is 2.37. The van der Waals surface area contributed by atoms with E-state index in [9.17, 15) is 9.59 Å². The molecule has 1 aliphatic rings. The van der Waals surface area contributed by atoms with Gasteiger partial charge >= 0.3 is 11.9 Å². The zero-order valence-corrected chi connectivity index (χ0v) is 9.09. The van der Waals surface area contributed by atoms with Crippen molar-refractivity contribution in [2.45, 2.75) is 12.3 Å². The third-order valence-electron chi connectivity index (χ3n) is 2.86. The highest BCUT2D eigenvalue weighted by Gasteiger charge is 2.32. The Labute approximate surface area is 98.9 Å². The fraction of sp³-hybridized carbons (Fsp3) is 0.231. The van der Waals surface area contributed by atoms with E-state index < -0.39 is 11.9 Å². The summed E-state index contributed by atoms with van der Waals surface area (Å²) >= 11 is 0. The summed E-state index contributed by atoms with van der Waals surface area (Å²) in [6, 6.07) is 7.26. The number of benzene rings is 1. The predicted octanol–water partition coefficient (Wildman–Crippen LogP) is 1.22. The van der Waals surface area contributed by atoms with Gasteiger partial charge in [0.05, 0.1) is 6.42 Å². The summed E-state index contributed by atoms with van der Waals surface area (Å²) < 4.78 is 0. The van der Waals surface area contributed by atoms with Crippen LogP contribution >= 0.6 is 0 Å². The van der Waals surface area contributed by atoms with E-state index in [1.54, 1.807) is 12.1 Å². The summed E-state index contributed by atoms with van der Waals surface area (Å²) in [5.41, 5.74) is 1.60. The molecule has 1 aromatic rings. The Hall–Kier alpha value is -2.28. The van der Waals surface area contributed by atoms with Crippen LogP contribution in [-0.2, 0) is 9.59 Å². The molecule has 0 bridgehead atoms. The molecule has 0 aromatic heterocycles. The number of amides is 1. The molecular formula is C13H11NO3. The number of para-hydroxylation sites is 1. The number of rotatable bonds is 2. The number of terminal acetylenes is 1. The minimum atomic E-state index is -0.875. The first kappa shape index (κ1) is 11.2. The Morgan fingerprint density at radius 3 is 2.82 bits per heavy atom. The summed E-state index contributed by atoms with van der Waals surface area (Å²) in [5.74, 6) is 0.581. The van der Waals surface area contributed by atoms with Crippen LogP contribution in [0.4, 0.5) is 5.69 Å². The Morgan fingerprint density at radius 2 is 2.18 bits per heavy atom. The molecule has 4 heteroatoms. The Kier molecular flexibility index (Phi) is 2.84. The van der Waals surface area contributed by atoms with Gasteiger partial charge in [-0.3, -0.25) is 9.59 Å². The Morgan fingerprint density at radius 1 is 1.47 bits per heavy atom. The van der Waals surface area contributed by atoms with Gasteiger partial charge in [-0.05, 0) is 17.6 Å². The van der Waals surface area contributed by atoms with Gasteiger partial charge in [0.15, 0.2) is 0 Å². The molecule has 1 aliphatic heterocycles. The average Bonchev–Trinajstić information content (AvgIpc) is 2.67. The molecule has 1 heterocycles. The second-order valence-electron chi connectivity index (χ2n) is 3.91. The number of carboxylic acids is 1. The third-order valence-corrected chi connectivity index (χ3v) is 2.86. The molecule has 1 atom stereocenters. The van der Waals surface area contributed by atoms with E-state index in [2.05, 4.69) is 5.92 Å². The molecule has 1 N–H and O–H groups in total. The molecule has 0 spiro atoms. The van der Waals surface area contributed by atoms with Crippen LogP contribution in [-0.4, -0.2) is 23.5 Å². The smallest absolute Gasteiger partial charge is 0.304 e. The van der Waals surface area contributed by atoms with Gasteiger partial charge in [-0.1, -0.05) is 18.2 Å². The van der Waals surface area contributed by atoms with Crippen LogP contribution in [0.2, 0.25) is 0 Å². The zero-order valence-electron chi connectivity index (χ0n) is 9.09. The van der Waals surface area contributed by atoms with Crippen molar-refractivity contribution in [2.24, 2.45) is 0 Å². The quantitative estimate of drug-likeness (QED) is 0.776. The number of carbonyl (C=O) groups is 2. The second kappa shape index (κ2) is 4.30. The highest BCUT2D eigenvalue weighted by molar-refractivity contribution is 6.07. The van der Waals surface area contributed by atoms with Gasteiger partial charge in [0.1, 0.15) is 0 Å². The molecule has 0 radical (unpaired) electrons. The van der Waals surface area contributed by atoms with Crippen molar-refractivity contribution in [3.05, 3.63) is 29.8 Å². The van der Waals surface area contributed by atoms with E-state index in [0.717, 1.165) is 11.3 Å². The number of carboxylic acid groups (broad SMARTS) is 1. The molecule has 0 aliphatic carbocycles. The maximum atomic E-state index is 11.6. The van der Waals surface area contributed by atoms with E-state index in [0.29, 0.717) is 6.54 Å². The van der Waals surface area contributed by atoms with E-state index in [4.69, 9.17) is 11.5 Å². The molecule has 2 rings (SSSR count). The number of nitrogens with zero attached hydrogens (tertiary/aromatic N) is 1. The van der Waals surface area contributed by atoms with E-state index in [1.807, 2.05) is 12.1 Å². The van der Waals surface area contributed by atoms with Gasteiger partial charge in [-0.2, -0.15) is 0 Å². The molecule has 1 unspecified atom stereocenters. The van der Waals surface area contributed by atoms with Gasteiger partial charge in [0.25, 0.3) is 0 Å². The van der Waals surface area contributed by atoms with Crippen LogP contribution < -0.4 is 4.90 Å². The lowest BCUT2D eigenvalue weighted by Crippen LogP contribution is -2.28. The molecular weight excluding hydrogens is 218 g/mol. The number of hydrogen-bond acceptors (Lipinski definition) is 2. The van der Waals surface area contributed by atoms with Crippen LogP contribution in [0.5, 0.6) is 0 Å². The van der Waals surface area contributed by atoms with Crippen molar-refractivity contribution in [3.8, 4) is 12.3 Å². The van der Waals surface area contributed by atoms with Gasteiger partial charge in [-0.15, -0.1) is 6.42 Å². The summed E-state index contributed by atoms with van der Waals surface area (Å²) in [5, 5.41) is 8.84. The first-order valence-corrected chi connectivity index (χ1v) is 5.22. The number of fused-ring (bicyclic) bond motifs is 1. The van der Waals surface area contributed by atoms with Gasteiger partial charge in [0.2, 0.25) is 0 Å². The summed E-state index contributed by atoms with van der Waals surface area (Å²) in [6.45, 7) is 0.342. The molecule has 86 valence electrons. The van der Waals surface area contributed by atoms with Crippen LogP contribution in [0.3, 0.4) is 0 Å². The number of carbonyl (C=O) groups excluding carboxylic acids is 1. The monoisotopic (exact) mass is 229 g/mol. The van der Waals surface area contributed by atoms with E-state index >= 15 is 0 Å². The fourth-order valence-electron chi connectivity index (χ4n) is 2.15. The van der Waals surface area contributed by atoms with Gasteiger partial charge in [-0.25, -0.2) is 0 Å². The minimum Gasteiger partial charge on any atom is -0.481 e. The first-order valence-electron chi connectivity index (χ1n) is 5.22. The molecule has 1 amide bonds. The summed E-state index contributed by atoms with van der Waals surface area (Å²) in [7, 11) is 0. The molecule has 17 heavy (non-hydrogen) atoms. The van der Waals surface area contributed by atoms with Gasteiger partial charge in [0, 0.05) is 18.2 Å². The van der Waals surface area contributed by atoms with E-state index in [-0.39, 0.29) is 12.3 Å². The number of anilines is 1. The summed E-state index contributed by atoms with van der Waals surface area (Å²) in [4.78, 5) is 23.8. The lowest BCUT2D eigenvalue weighted by molar-refractivity contribution is -0.137. The predicted molar refractivity (Wildman–Crippen MR) is 62.6 cm³/mol. The third kappa shape index (κ3) is 2.00. The Balaban J connectivity index is 2.36. The molecule has 0 saturated heterocycles. The lowest BCUT2D eigenvalue weighted by Gasteiger charge is -2.13. The SMILES string of the molecule is C#CC(=O)N1CC(CC(=O)O)c2ccccc21. The largest absolute Gasteiger partial charge is 0.481 e. The molecule has 0 saturated carbocycles. The maximum Gasteiger partial charge on any atom is 0.304 e. The Bertz CT molecular complexity index is 516. The second-order valence-corrected chi connectivity index (χ2v) is 3.91. The van der Waals surface area contributed by atoms with Crippen LogP contribution in [0.1, 0.15) is 17.9 Å². The standard InChI is InChI=1S/C13H11NO3/c1-2-12(15)14-8-9(7-13(16)17)10-5-3-4-6-11(10)14/h1,3-6,9H,7-8H2,(H,16,17). The van der Waals surface area contributed by atoms with Crippen molar-refractivity contribution >= 4 is 17.6 Å². The van der Waals surface area contributed by atoms with Crippen molar-refractivity contribution in [1.29, 1.82) is 0 Å². The van der Waals surface area contributed by atoms with Crippen LogP contribution in [0.25, 0.3) is 0 Å². The number of aliphatic carboxylic acids is 1. The van der Waals surface area contributed by atoms with Crippen molar-refractivity contribution in [2.75, 3.05) is 11.4 Å². The highest BCUT2D eigenvalue weighted by atomic mass is 16.4. The number of hydrogen-bond donors (Lipinski definition) is 1. The van der Waals surface area contributed by atoms with E-state index in [1.165, 1.54) is 4.90 Å². The summed E-state index contributed by atoms with van der Waals surface area (Å²) in [6.07, 6.45) is 5.10. The first-order chi connectivity index (χ1) is 8.13. The topological polar surface area (TPSA) is 57.6 Å². The fourth-order valence-corrected chi connectivity index (χ4v) is 2.15. The zero-order chi connectivity index (χ0) is 12.4. The molecule has 4 nitrogen and oxygen atoms in total. The normalized spacial score (nSPS) is 17.4. The maximum absolute atomic E-state index is 11.6. The average molecular weight is 229 g/mol.